The number of likely N-dealkylation sites (tertiary alicyclic amines) is 2. The van der Waals surface area contributed by atoms with E-state index in [2.05, 4.69) is 69.6 Å². The van der Waals surface area contributed by atoms with E-state index in [-0.39, 0.29) is 5.91 Å². The van der Waals surface area contributed by atoms with Crippen molar-refractivity contribution in [3.63, 3.8) is 0 Å². The maximum atomic E-state index is 12.2. The van der Waals surface area contributed by atoms with E-state index in [1.165, 1.54) is 31.5 Å². The highest BCUT2D eigenvalue weighted by Gasteiger charge is 2.29. The van der Waals surface area contributed by atoms with Gasteiger partial charge in [0.2, 0.25) is 0 Å². The van der Waals surface area contributed by atoms with Gasteiger partial charge in [0.05, 0.1) is 12.2 Å². The molecular formula is C24H36N6O. The molecule has 2 aliphatic heterocycles. The topological polar surface area (TPSA) is 66.3 Å². The quantitative estimate of drug-likeness (QED) is 0.740. The first-order valence-electron chi connectivity index (χ1n) is 11.8. The van der Waals surface area contributed by atoms with Gasteiger partial charge in [0, 0.05) is 32.2 Å². The maximum absolute atomic E-state index is 12.2. The van der Waals surface area contributed by atoms with Gasteiger partial charge in [-0.25, -0.2) is 4.68 Å². The Balaban J connectivity index is 1.21. The molecule has 2 fully saturated rings. The molecule has 1 aromatic carbocycles. The van der Waals surface area contributed by atoms with E-state index in [9.17, 15) is 4.79 Å². The molecule has 2 aromatic rings. The van der Waals surface area contributed by atoms with Crippen LogP contribution in [0.15, 0.2) is 36.5 Å². The van der Waals surface area contributed by atoms with E-state index in [1.54, 1.807) is 0 Å². The van der Waals surface area contributed by atoms with Gasteiger partial charge >= 0.3 is 0 Å². The van der Waals surface area contributed by atoms with Crippen molar-refractivity contribution < 1.29 is 4.79 Å². The fraction of sp³-hybridized carbons (Fsp3) is 0.625. The largest absolute Gasteiger partial charge is 0.350 e. The van der Waals surface area contributed by atoms with Gasteiger partial charge in [0.15, 0.2) is 5.69 Å². The van der Waals surface area contributed by atoms with E-state index < -0.39 is 0 Å². The first-order valence-corrected chi connectivity index (χ1v) is 11.8. The van der Waals surface area contributed by atoms with Crippen LogP contribution in [0.3, 0.4) is 0 Å². The lowest BCUT2D eigenvalue weighted by atomic mass is 9.97. The number of nitrogens with one attached hydrogen (secondary N) is 1. The first-order chi connectivity index (χ1) is 15.1. The second-order valence-corrected chi connectivity index (χ2v) is 9.45. The molecule has 2 saturated heterocycles. The van der Waals surface area contributed by atoms with Crippen molar-refractivity contribution in [1.82, 2.24) is 30.1 Å². The Morgan fingerprint density at radius 3 is 2.39 bits per heavy atom. The highest BCUT2D eigenvalue weighted by Crippen LogP contribution is 2.27. The van der Waals surface area contributed by atoms with Crippen LogP contribution in [0.1, 0.15) is 61.6 Å². The second-order valence-electron chi connectivity index (χ2n) is 9.45. The van der Waals surface area contributed by atoms with Crippen molar-refractivity contribution in [2.24, 2.45) is 5.92 Å². The number of carbonyl (C=O) groups excluding carboxylic acids is 1. The molecule has 0 radical (unpaired) electrons. The average Bonchev–Trinajstić information content (AvgIpc) is 3.29. The van der Waals surface area contributed by atoms with Crippen molar-refractivity contribution in [3.8, 4) is 0 Å². The van der Waals surface area contributed by atoms with Crippen molar-refractivity contribution in [1.29, 1.82) is 0 Å². The van der Waals surface area contributed by atoms with Gasteiger partial charge in [-0.3, -0.25) is 9.69 Å². The molecule has 0 saturated carbocycles. The zero-order valence-electron chi connectivity index (χ0n) is 18.9. The van der Waals surface area contributed by atoms with Crippen LogP contribution in [-0.2, 0) is 6.54 Å². The summed E-state index contributed by atoms with van der Waals surface area (Å²) in [6.07, 6.45) is 6.46. The van der Waals surface area contributed by atoms with Crippen LogP contribution in [0.4, 0.5) is 0 Å². The summed E-state index contributed by atoms with van der Waals surface area (Å²) in [7, 11) is 0. The Kier molecular flexibility index (Phi) is 7.35. The molecule has 7 nitrogen and oxygen atoms in total. The molecule has 1 aromatic heterocycles. The van der Waals surface area contributed by atoms with Crippen molar-refractivity contribution in [2.45, 2.75) is 58.2 Å². The van der Waals surface area contributed by atoms with E-state index in [1.807, 2.05) is 10.9 Å². The fourth-order valence-electron chi connectivity index (χ4n) is 4.75. The minimum atomic E-state index is -0.125. The first kappa shape index (κ1) is 22.0. The molecule has 1 amide bonds. The summed E-state index contributed by atoms with van der Waals surface area (Å²) in [5, 5.41) is 11.3. The lowest BCUT2D eigenvalue weighted by Gasteiger charge is -2.41. The molecule has 0 bridgehead atoms. The van der Waals surface area contributed by atoms with E-state index in [4.69, 9.17) is 0 Å². The van der Waals surface area contributed by atoms with Gasteiger partial charge < -0.3 is 10.2 Å². The molecule has 7 heteroatoms. The lowest BCUT2D eigenvalue weighted by Crippen LogP contribution is -2.47. The normalized spacial score (nSPS) is 19.7. The average molecular weight is 425 g/mol. The number of carbonyl (C=O) groups is 1. The number of aromatic nitrogens is 3. The number of piperidine rings is 2. The zero-order valence-corrected chi connectivity index (χ0v) is 18.9. The van der Waals surface area contributed by atoms with Crippen LogP contribution in [0, 0.1) is 5.92 Å². The summed E-state index contributed by atoms with van der Waals surface area (Å²) in [5.74, 6) is 0.299. The smallest absolute Gasteiger partial charge is 0.273 e. The van der Waals surface area contributed by atoms with Gasteiger partial charge in [-0.2, -0.15) is 0 Å². The molecule has 0 unspecified atom stereocenters. The Labute approximate surface area is 185 Å². The predicted molar refractivity (Wildman–Crippen MR) is 122 cm³/mol. The van der Waals surface area contributed by atoms with Crippen LogP contribution in [0.25, 0.3) is 0 Å². The SMILES string of the molecule is CC(C)CNC(=O)c1cn(C2CCN(C3CCN(Cc4ccccc4)CC3)CC2)nn1. The second kappa shape index (κ2) is 10.4. The Hall–Kier alpha value is -2.25. The number of hydrogen-bond acceptors (Lipinski definition) is 5. The number of amides is 1. The Morgan fingerprint density at radius 1 is 1.03 bits per heavy atom. The molecule has 1 N–H and O–H groups in total. The Morgan fingerprint density at radius 2 is 1.71 bits per heavy atom. The molecule has 31 heavy (non-hydrogen) atoms. The van der Waals surface area contributed by atoms with Gasteiger partial charge in [-0.1, -0.05) is 49.4 Å². The zero-order chi connectivity index (χ0) is 21.6. The molecule has 168 valence electrons. The molecule has 0 spiro atoms. The highest BCUT2D eigenvalue weighted by atomic mass is 16.2. The van der Waals surface area contributed by atoms with Gasteiger partial charge in [0.1, 0.15) is 0 Å². The van der Waals surface area contributed by atoms with Crippen LogP contribution in [0.5, 0.6) is 0 Å². The summed E-state index contributed by atoms with van der Waals surface area (Å²) in [4.78, 5) is 17.5. The van der Waals surface area contributed by atoms with E-state index >= 15 is 0 Å². The van der Waals surface area contributed by atoms with Gasteiger partial charge in [-0.05, 0) is 50.3 Å². The predicted octanol–water partition coefficient (Wildman–Crippen LogP) is 2.97. The summed E-state index contributed by atoms with van der Waals surface area (Å²) in [6.45, 7) is 10.4. The van der Waals surface area contributed by atoms with Crippen LogP contribution < -0.4 is 5.32 Å². The van der Waals surface area contributed by atoms with E-state index in [0.717, 1.165) is 32.5 Å². The van der Waals surface area contributed by atoms with Crippen molar-refractivity contribution >= 4 is 5.91 Å². The molecule has 3 heterocycles. The van der Waals surface area contributed by atoms with Crippen molar-refractivity contribution in [3.05, 3.63) is 47.8 Å². The molecule has 4 rings (SSSR count). The summed E-state index contributed by atoms with van der Waals surface area (Å²) in [5.41, 5.74) is 1.83. The monoisotopic (exact) mass is 424 g/mol. The van der Waals surface area contributed by atoms with Crippen LogP contribution in [0.2, 0.25) is 0 Å². The molecule has 0 atom stereocenters. The molecule has 0 aliphatic carbocycles. The third kappa shape index (κ3) is 5.92. The van der Waals surface area contributed by atoms with Gasteiger partial charge in [-0.15, -0.1) is 5.10 Å². The maximum Gasteiger partial charge on any atom is 0.273 e. The van der Waals surface area contributed by atoms with Crippen LogP contribution >= 0.6 is 0 Å². The van der Waals surface area contributed by atoms with Crippen molar-refractivity contribution in [2.75, 3.05) is 32.7 Å². The fourth-order valence-corrected chi connectivity index (χ4v) is 4.75. The third-order valence-corrected chi connectivity index (χ3v) is 6.61. The minimum absolute atomic E-state index is 0.125. The third-order valence-electron chi connectivity index (χ3n) is 6.61. The summed E-state index contributed by atoms with van der Waals surface area (Å²) >= 11 is 0. The summed E-state index contributed by atoms with van der Waals surface area (Å²) < 4.78 is 1.91. The number of rotatable bonds is 7. The van der Waals surface area contributed by atoms with Crippen LogP contribution in [-0.4, -0.2) is 69.5 Å². The van der Waals surface area contributed by atoms with E-state index in [0.29, 0.717) is 30.2 Å². The number of benzene rings is 1. The number of nitrogens with zero attached hydrogens (tertiary/aromatic N) is 5. The summed E-state index contributed by atoms with van der Waals surface area (Å²) in [6, 6.07) is 11.8. The molecular weight excluding hydrogens is 388 g/mol. The molecule has 2 aliphatic rings. The highest BCUT2D eigenvalue weighted by molar-refractivity contribution is 5.91. The minimum Gasteiger partial charge on any atom is -0.350 e. The van der Waals surface area contributed by atoms with Gasteiger partial charge in [0.25, 0.3) is 5.91 Å². The standard InChI is InChI=1S/C24H36N6O/c1-19(2)16-25-24(31)23-18-30(27-26-23)22-10-14-29(15-11-22)21-8-12-28(13-9-21)17-20-6-4-3-5-7-20/h3-7,18-19,21-22H,8-17H2,1-2H3,(H,25,31). The Bertz CT molecular complexity index is 820. The lowest BCUT2D eigenvalue weighted by molar-refractivity contribution is 0.0747. The number of hydrogen-bond donors (Lipinski definition) is 1.